The maximum absolute atomic E-state index is 6.33. The number of fused-ring (bicyclic) bond motifs is 1. The molecule has 0 saturated heterocycles. The predicted octanol–water partition coefficient (Wildman–Crippen LogP) is 2.88. The van der Waals surface area contributed by atoms with Crippen molar-refractivity contribution < 1.29 is 14.8 Å². The largest absolute Gasteiger partial charge is 0.486 e. The summed E-state index contributed by atoms with van der Waals surface area (Å²) in [6.07, 6.45) is 6.40. The molecule has 0 bridgehead atoms. The van der Waals surface area contributed by atoms with Gasteiger partial charge in [-0.15, -0.1) is 0 Å². The normalized spacial score (nSPS) is 10.8. The number of likely N-dealkylation sites (N-methyl/N-ethyl adjacent to an activating group) is 1. The van der Waals surface area contributed by atoms with E-state index in [-0.39, 0.29) is 5.88 Å². The fraction of sp³-hybridized carbons (Fsp3) is 0.190. The number of quaternary nitrogens is 1. The van der Waals surface area contributed by atoms with Crippen molar-refractivity contribution in [3.63, 3.8) is 0 Å². The molecule has 0 aliphatic carbocycles. The number of hydrogen-bond donors (Lipinski definition) is 2. The fourth-order valence-corrected chi connectivity index (χ4v) is 2.94. The second kappa shape index (κ2) is 9.50. The zero-order chi connectivity index (χ0) is 21.6. The summed E-state index contributed by atoms with van der Waals surface area (Å²) < 4.78 is 11.5. The lowest BCUT2D eigenvalue weighted by Crippen LogP contribution is -2.80. The summed E-state index contributed by atoms with van der Waals surface area (Å²) in [5, 5.41) is 6.32. The third-order valence-corrected chi connectivity index (χ3v) is 4.58. The summed E-state index contributed by atoms with van der Waals surface area (Å²) in [7, 11) is 1.98. The van der Waals surface area contributed by atoms with Crippen LogP contribution in [0.25, 0.3) is 10.9 Å². The van der Waals surface area contributed by atoms with Crippen LogP contribution in [0.4, 0.5) is 11.6 Å². The average molecular weight is 439 g/mol. The molecule has 0 unspecified atom stereocenters. The van der Waals surface area contributed by atoms with Crippen LogP contribution in [0.2, 0.25) is 5.02 Å². The van der Waals surface area contributed by atoms with Gasteiger partial charge in [0, 0.05) is 11.5 Å². The summed E-state index contributed by atoms with van der Waals surface area (Å²) in [4.78, 5) is 21.5. The molecule has 0 radical (unpaired) electrons. The molecule has 4 rings (SSSR count). The van der Waals surface area contributed by atoms with E-state index in [1.54, 1.807) is 30.7 Å². The first-order valence-electron chi connectivity index (χ1n) is 9.67. The highest BCUT2D eigenvalue weighted by atomic mass is 35.5. The molecular weight excluding hydrogens is 418 g/mol. The van der Waals surface area contributed by atoms with Gasteiger partial charge in [0.1, 0.15) is 47.6 Å². The zero-order valence-electron chi connectivity index (χ0n) is 17.0. The molecular formula is C21H21ClN7O2+. The maximum atomic E-state index is 6.33. The summed E-state index contributed by atoms with van der Waals surface area (Å²) in [6.45, 7) is 3.29. The molecule has 0 aliphatic rings. The Morgan fingerprint density at radius 3 is 2.68 bits per heavy atom. The van der Waals surface area contributed by atoms with Gasteiger partial charge in [0.2, 0.25) is 5.88 Å². The van der Waals surface area contributed by atoms with E-state index in [1.165, 1.54) is 6.33 Å². The van der Waals surface area contributed by atoms with Crippen molar-refractivity contribution in [2.24, 2.45) is 0 Å². The molecule has 3 N–H and O–H groups in total. The number of aryl methyl sites for hydroxylation is 1. The number of rotatable bonds is 8. The third kappa shape index (κ3) is 5.14. The molecule has 0 spiro atoms. The number of nitrogens with two attached hydrogens (primary N) is 1. The Bertz CT molecular complexity index is 1190. The monoisotopic (exact) mass is 438 g/mol. The Kier molecular flexibility index (Phi) is 6.34. The Labute approximate surface area is 183 Å². The molecule has 3 heterocycles. The molecule has 0 amide bonds. The van der Waals surface area contributed by atoms with Gasteiger partial charge in [0.25, 0.3) is 0 Å². The first kappa shape index (κ1) is 20.7. The number of pyridine rings is 1. The van der Waals surface area contributed by atoms with Gasteiger partial charge >= 0.3 is 0 Å². The van der Waals surface area contributed by atoms with Crippen molar-refractivity contribution in [2.45, 2.75) is 6.92 Å². The third-order valence-electron chi connectivity index (χ3n) is 4.31. The van der Waals surface area contributed by atoms with E-state index in [1.807, 2.05) is 31.4 Å². The van der Waals surface area contributed by atoms with Crippen molar-refractivity contribution in [1.29, 1.82) is 0 Å². The van der Waals surface area contributed by atoms with E-state index in [9.17, 15) is 0 Å². The number of halogens is 1. The van der Waals surface area contributed by atoms with Crippen molar-refractivity contribution in [3.8, 4) is 17.4 Å². The topological polar surface area (TPSA) is 112 Å². The number of anilines is 2. The quantitative estimate of drug-likeness (QED) is 0.404. The first-order chi connectivity index (χ1) is 15.1. The summed E-state index contributed by atoms with van der Waals surface area (Å²) in [6, 6.07) is 7.14. The highest BCUT2D eigenvalue weighted by Gasteiger charge is 2.11. The van der Waals surface area contributed by atoms with Crippen molar-refractivity contribution in [3.05, 3.63) is 59.9 Å². The van der Waals surface area contributed by atoms with Gasteiger partial charge in [-0.3, -0.25) is 4.98 Å². The lowest BCUT2D eigenvalue weighted by atomic mass is 10.2. The second-order valence-electron chi connectivity index (χ2n) is 6.67. The molecule has 1 aromatic carbocycles. The molecule has 10 heteroatoms. The van der Waals surface area contributed by atoms with Gasteiger partial charge in [-0.1, -0.05) is 11.6 Å². The Morgan fingerprint density at radius 1 is 1.00 bits per heavy atom. The first-order valence-corrected chi connectivity index (χ1v) is 10.0. The second-order valence-corrected chi connectivity index (χ2v) is 7.08. The van der Waals surface area contributed by atoms with Gasteiger partial charge in [-0.2, -0.15) is 0 Å². The van der Waals surface area contributed by atoms with Gasteiger partial charge < -0.3 is 20.1 Å². The van der Waals surface area contributed by atoms with E-state index in [4.69, 9.17) is 21.1 Å². The molecule has 4 aromatic rings. The predicted molar refractivity (Wildman–Crippen MR) is 117 cm³/mol. The summed E-state index contributed by atoms with van der Waals surface area (Å²) in [5.41, 5.74) is 1.58. The number of hydrogen-bond acceptors (Lipinski definition) is 8. The van der Waals surface area contributed by atoms with E-state index in [0.29, 0.717) is 34.8 Å². The Balaban J connectivity index is 1.57. The van der Waals surface area contributed by atoms with Crippen LogP contribution in [0.1, 0.15) is 5.69 Å². The number of nitrogens with one attached hydrogen (secondary N) is 1. The molecule has 0 aliphatic heterocycles. The standard InChI is InChI=1S/C21H20ClN7O2/c1-13-9-25-19(11-24-13)29-20-16-7-14(3-4-18(16)27-12-28-20)31-21-17(22)8-15(10-26-21)30-6-5-23-2/h3-4,7-12,23H,5-6H2,1-2H3,(H,25,27,28,29)/p+1. The van der Waals surface area contributed by atoms with Crippen LogP contribution in [-0.4, -0.2) is 45.1 Å². The number of benzene rings is 1. The molecule has 158 valence electrons. The highest BCUT2D eigenvalue weighted by molar-refractivity contribution is 6.32. The van der Waals surface area contributed by atoms with E-state index in [2.05, 4.69) is 30.2 Å². The SMILES string of the molecule is C[NH2+]CCOc1cnc(Oc2ccc3ncnc(Nc4cnc(C)cn4)c3c2)c(Cl)c1. The zero-order valence-corrected chi connectivity index (χ0v) is 17.8. The van der Waals surface area contributed by atoms with Crippen molar-refractivity contribution in [1.82, 2.24) is 24.9 Å². The number of aromatic nitrogens is 5. The van der Waals surface area contributed by atoms with Crippen molar-refractivity contribution in [2.75, 3.05) is 25.5 Å². The Morgan fingerprint density at radius 2 is 1.90 bits per heavy atom. The molecule has 9 nitrogen and oxygen atoms in total. The van der Waals surface area contributed by atoms with E-state index >= 15 is 0 Å². The van der Waals surface area contributed by atoms with Crippen LogP contribution in [0.3, 0.4) is 0 Å². The van der Waals surface area contributed by atoms with E-state index in [0.717, 1.165) is 23.1 Å². The lowest BCUT2D eigenvalue weighted by molar-refractivity contribution is -0.627. The molecule has 31 heavy (non-hydrogen) atoms. The van der Waals surface area contributed by atoms with Crippen LogP contribution in [0.15, 0.2) is 49.2 Å². The van der Waals surface area contributed by atoms with Gasteiger partial charge in [-0.25, -0.2) is 19.9 Å². The molecule has 0 fully saturated rings. The molecule has 0 atom stereocenters. The summed E-state index contributed by atoms with van der Waals surface area (Å²) in [5.74, 6) is 2.59. The van der Waals surface area contributed by atoms with Gasteiger partial charge in [0.05, 0.1) is 36.8 Å². The maximum Gasteiger partial charge on any atom is 0.238 e. The van der Waals surface area contributed by atoms with Crippen LogP contribution >= 0.6 is 11.6 Å². The smallest absolute Gasteiger partial charge is 0.238 e. The number of nitrogens with zero attached hydrogens (tertiary/aromatic N) is 5. The van der Waals surface area contributed by atoms with Crippen LogP contribution in [0.5, 0.6) is 17.4 Å². The summed E-state index contributed by atoms with van der Waals surface area (Å²) >= 11 is 6.33. The molecule has 0 saturated carbocycles. The Hall–Kier alpha value is -3.56. The van der Waals surface area contributed by atoms with Gasteiger partial charge in [-0.05, 0) is 25.1 Å². The average Bonchev–Trinajstić information content (AvgIpc) is 2.78. The molecule has 3 aromatic heterocycles. The van der Waals surface area contributed by atoms with Crippen LogP contribution in [-0.2, 0) is 0 Å². The van der Waals surface area contributed by atoms with Crippen LogP contribution < -0.4 is 20.1 Å². The minimum absolute atomic E-state index is 0.284. The van der Waals surface area contributed by atoms with E-state index < -0.39 is 0 Å². The highest BCUT2D eigenvalue weighted by Crippen LogP contribution is 2.32. The minimum atomic E-state index is 0.284. The van der Waals surface area contributed by atoms with Crippen molar-refractivity contribution >= 4 is 34.1 Å². The van der Waals surface area contributed by atoms with Crippen LogP contribution in [0, 0.1) is 6.92 Å². The lowest BCUT2D eigenvalue weighted by Gasteiger charge is -2.11. The fourth-order valence-electron chi connectivity index (χ4n) is 2.75. The number of ether oxygens (including phenoxy) is 2. The van der Waals surface area contributed by atoms with Gasteiger partial charge in [0.15, 0.2) is 0 Å². The minimum Gasteiger partial charge on any atom is -0.486 e.